The standard InChI is InChI=1S/C14H9F2N3OS2/c15-11(16)13-18-19-14(22-13)17-12(20)10-9(6-7-21-10)8-4-2-1-3-5-8/h1-7,11H,(H,17,19,20). The number of hydrogen-bond acceptors (Lipinski definition) is 5. The summed E-state index contributed by atoms with van der Waals surface area (Å²) < 4.78 is 24.9. The minimum absolute atomic E-state index is 0.0627. The molecule has 0 radical (unpaired) electrons. The second-order valence-electron chi connectivity index (χ2n) is 4.23. The largest absolute Gasteiger partial charge is 0.296 e. The molecule has 22 heavy (non-hydrogen) atoms. The number of aromatic nitrogens is 2. The molecule has 1 amide bonds. The molecule has 1 N–H and O–H groups in total. The third kappa shape index (κ3) is 3.02. The minimum atomic E-state index is -2.69. The molecule has 4 nitrogen and oxygen atoms in total. The van der Waals surface area contributed by atoms with E-state index in [0.717, 1.165) is 11.1 Å². The number of hydrogen-bond donors (Lipinski definition) is 1. The van der Waals surface area contributed by atoms with E-state index >= 15 is 0 Å². The Kier molecular flexibility index (Phi) is 4.21. The zero-order valence-corrected chi connectivity index (χ0v) is 12.6. The molecule has 0 fully saturated rings. The van der Waals surface area contributed by atoms with Gasteiger partial charge in [0.1, 0.15) is 4.88 Å². The summed E-state index contributed by atoms with van der Waals surface area (Å²) in [7, 11) is 0. The lowest BCUT2D eigenvalue weighted by Crippen LogP contribution is -2.11. The third-order valence-corrected chi connectivity index (χ3v) is 4.56. The first-order chi connectivity index (χ1) is 10.6. The highest BCUT2D eigenvalue weighted by atomic mass is 32.1. The number of amides is 1. The van der Waals surface area contributed by atoms with Crippen molar-refractivity contribution < 1.29 is 13.6 Å². The van der Waals surface area contributed by atoms with E-state index in [1.54, 1.807) is 0 Å². The summed E-state index contributed by atoms with van der Waals surface area (Å²) in [5.74, 6) is -0.384. The lowest BCUT2D eigenvalue weighted by Gasteiger charge is -2.03. The van der Waals surface area contributed by atoms with Crippen molar-refractivity contribution in [2.75, 3.05) is 5.32 Å². The summed E-state index contributed by atoms with van der Waals surface area (Å²) in [6, 6.07) is 11.3. The van der Waals surface area contributed by atoms with Crippen molar-refractivity contribution in [2.45, 2.75) is 6.43 Å². The third-order valence-electron chi connectivity index (χ3n) is 2.80. The Morgan fingerprint density at radius 3 is 2.59 bits per heavy atom. The Hall–Kier alpha value is -2.19. The fourth-order valence-corrected chi connectivity index (χ4v) is 3.26. The van der Waals surface area contributed by atoms with Crippen LogP contribution in [0, 0.1) is 0 Å². The summed E-state index contributed by atoms with van der Waals surface area (Å²) in [5, 5.41) is 10.9. The Bertz CT molecular complexity index is 786. The van der Waals surface area contributed by atoms with Gasteiger partial charge in [-0.05, 0) is 17.0 Å². The first-order valence-electron chi connectivity index (χ1n) is 6.21. The van der Waals surface area contributed by atoms with Crippen LogP contribution in [0.5, 0.6) is 0 Å². The molecule has 112 valence electrons. The molecule has 0 bridgehead atoms. The SMILES string of the molecule is O=C(Nc1nnc(C(F)F)s1)c1sccc1-c1ccccc1. The average molecular weight is 337 g/mol. The normalized spacial score (nSPS) is 10.9. The molecule has 3 rings (SSSR count). The van der Waals surface area contributed by atoms with Gasteiger partial charge in [-0.25, -0.2) is 8.78 Å². The first-order valence-corrected chi connectivity index (χ1v) is 7.90. The topological polar surface area (TPSA) is 54.9 Å². The summed E-state index contributed by atoms with van der Waals surface area (Å²) >= 11 is 1.95. The molecule has 0 unspecified atom stereocenters. The number of benzene rings is 1. The van der Waals surface area contributed by atoms with Crippen molar-refractivity contribution in [1.82, 2.24) is 10.2 Å². The fraction of sp³-hybridized carbons (Fsp3) is 0.0714. The zero-order chi connectivity index (χ0) is 15.5. The molecule has 3 aromatic rings. The highest BCUT2D eigenvalue weighted by molar-refractivity contribution is 7.16. The monoisotopic (exact) mass is 337 g/mol. The first kappa shape index (κ1) is 14.7. The lowest BCUT2D eigenvalue weighted by atomic mass is 10.1. The van der Waals surface area contributed by atoms with E-state index in [1.807, 2.05) is 41.8 Å². The molecular weight excluding hydrogens is 328 g/mol. The van der Waals surface area contributed by atoms with Crippen LogP contribution in [0.2, 0.25) is 0 Å². The van der Waals surface area contributed by atoms with Gasteiger partial charge in [-0.2, -0.15) is 0 Å². The van der Waals surface area contributed by atoms with E-state index in [4.69, 9.17) is 0 Å². The molecule has 0 aliphatic heterocycles. The van der Waals surface area contributed by atoms with Gasteiger partial charge >= 0.3 is 0 Å². The number of nitrogens with zero attached hydrogens (tertiary/aromatic N) is 2. The average Bonchev–Trinajstić information content (AvgIpc) is 3.17. The number of halogens is 2. The highest BCUT2D eigenvalue weighted by Gasteiger charge is 2.18. The number of alkyl halides is 2. The second kappa shape index (κ2) is 6.29. The maximum atomic E-state index is 12.5. The fourth-order valence-electron chi connectivity index (χ4n) is 1.86. The Morgan fingerprint density at radius 1 is 1.14 bits per heavy atom. The van der Waals surface area contributed by atoms with E-state index in [0.29, 0.717) is 16.2 Å². The van der Waals surface area contributed by atoms with Gasteiger partial charge in [-0.3, -0.25) is 10.1 Å². The van der Waals surface area contributed by atoms with E-state index in [2.05, 4.69) is 15.5 Å². The van der Waals surface area contributed by atoms with Crippen molar-refractivity contribution in [3.63, 3.8) is 0 Å². The van der Waals surface area contributed by atoms with Crippen molar-refractivity contribution in [3.8, 4) is 11.1 Å². The van der Waals surface area contributed by atoms with Gasteiger partial charge in [0.15, 0.2) is 5.01 Å². The van der Waals surface area contributed by atoms with Crippen molar-refractivity contribution in [1.29, 1.82) is 0 Å². The molecule has 0 aliphatic rings. The zero-order valence-electron chi connectivity index (χ0n) is 11.0. The van der Waals surface area contributed by atoms with Crippen LogP contribution in [0.15, 0.2) is 41.8 Å². The second-order valence-corrected chi connectivity index (χ2v) is 6.15. The van der Waals surface area contributed by atoms with Crippen molar-refractivity contribution >= 4 is 33.7 Å². The molecule has 0 spiro atoms. The number of rotatable bonds is 4. The summed E-state index contributed by atoms with van der Waals surface area (Å²) in [4.78, 5) is 12.8. The molecule has 0 atom stereocenters. The molecule has 1 aromatic carbocycles. The summed E-state index contributed by atoms with van der Waals surface area (Å²) in [6.07, 6.45) is -2.69. The number of carbonyl (C=O) groups excluding carboxylic acids is 1. The molecular formula is C14H9F2N3OS2. The Morgan fingerprint density at radius 2 is 1.91 bits per heavy atom. The van der Waals surface area contributed by atoms with E-state index in [9.17, 15) is 13.6 Å². The molecule has 2 heterocycles. The smallest absolute Gasteiger partial charge is 0.291 e. The van der Waals surface area contributed by atoms with Gasteiger partial charge in [0.05, 0.1) is 0 Å². The van der Waals surface area contributed by atoms with Gasteiger partial charge in [0, 0.05) is 5.56 Å². The molecule has 8 heteroatoms. The van der Waals surface area contributed by atoms with Crippen LogP contribution in [0.1, 0.15) is 21.1 Å². The van der Waals surface area contributed by atoms with Gasteiger partial charge in [0.25, 0.3) is 12.3 Å². The number of carbonyl (C=O) groups is 1. The highest BCUT2D eigenvalue weighted by Crippen LogP contribution is 2.30. The van der Waals surface area contributed by atoms with Gasteiger partial charge in [-0.15, -0.1) is 21.5 Å². The summed E-state index contributed by atoms with van der Waals surface area (Å²) in [5.41, 5.74) is 1.71. The summed E-state index contributed by atoms with van der Waals surface area (Å²) in [6.45, 7) is 0. The quantitative estimate of drug-likeness (QED) is 0.765. The van der Waals surface area contributed by atoms with Crippen LogP contribution in [0.4, 0.5) is 13.9 Å². The Labute approximate surface area is 132 Å². The maximum absolute atomic E-state index is 12.5. The molecule has 2 aromatic heterocycles. The van der Waals surface area contributed by atoms with Crippen LogP contribution in [-0.4, -0.2) is 16.1 Å². The molecule has 0 aliphatic carbocycles. The van der Waals surface area contributed by atoms with E-state index in [-0.39, 0.29) is 11.0 Å². The van der Waals surface area contributed by atoms with Crippen molar-refractivity contribution in [2.24, 2.45) is 0 Å². The van der Waals surface area contributed by atoms with E-state index in [1.165, 1.54) is 11.3 Å². The Balaban J connectivity index is 1.83. The van der Waals surface area contributed by atoms with Crippen LogP contribution in [0.3, 0.4) is 0 Å². The predicted octanol–water partition coefficient (Wildman–Crippen LogP) is 4.46. The van der Waals surface area contributed by atoms with Crippen molar-refractivity contribution in [3.05, 3.63) is 51.7 Å². The number of anilines is 1. The molecule has 0 saturated heterocycles. The number of nitrogens with one attached hydrogen (secondary N) is 1. The maximum Gasteiger partial charge on any atom is 0.291 e. The predicted molar refractivity (Wildman–Crippen MR) is 82.6 cm³/mol. The van der Waals surface area contributed by atoms with Gasteiger partial charge in [0.2, 0.25) is 5.13 Å². The molecule has 0 saturated carbocycles. The number of thiophene rings is 1. The van der Waals surface area contributed by atoms with Crippen LogP contribution in [0.25, 0.3) is 11.1 Å². The van der Waals surface area contributed by atoms with Crippen LogP contribution >= 0.6 is 22.7 Å². The van der Waals surface area contributed by atoms with E-state index < -0.39 is 11.4 Å². The van der Waals surface area contributed by atoms with Gasteiger partial charge in [-0.1, -0.05) is 41.7 Å². The minimum Gasteiger partial charge on any atom is -0.296 e. The van der Waals surface area contributed by atoms with Crippen LogP contribution in [-0.2, 0) is 0 Å². The van der Waals surface area contributed by atoms with Gasteiger partial charge < -0.3 is 0 Å². The lowest BCUT2D eigenvalue weighted by molar-refractivity contribution is 0.103. The van der Waals surface area contributed by atoms with Crippen LogP contribution < -0.4 is 5.32 Å².